The molecule has 0 saturated carbocycles. The van der Waals surface area contributed by atoms with E-state index in [0.29, 0.717) is 22.2 Å². The SMILES string of the molecule is CCC(CC)C(Br)CNC(=O)c1cnc(C)s1. The smallest absolute Gasteiger partial charge is 0.263 e. The number of nitrogens with one attached hydrogen (secondary N) is 1. The average Bonchev–Trinajstić information content (AvgIpc) is 2.74. The van der Waals surface area contributed by atoms with Gasteiger partial charge in [0, 0.05) is 11.4 Å². The Balaban J connectivity index is 2.43. The maximum absolute atomic E-state index is 11.8. The number of aromatic nitrogens is 1. The molecule has 5 heteroatoms. The first-order valence-corrected chi connectivity index (χ1v) is 7.66. The monoisotopic (exact) mass is 318 g/mol. The number of hydrogen-bond donors (Lipinski definition) is 1. The molecule has 1 unspecified atom stereocenters. The van der Waals surface area contributed by atoms with Crippen LogP contribution in [0.15, 0.2) is 6.20 Å². The van der Waals surface area contributed by atoms with Gasteiger partial charge in [0.25, 0.3) is 5.91 Å². The fourth-order valence-electron chi connectivity index (χ4n) is 1.71. The molecule has 1 amide bonds. The Bertz CT molecular complexity index is 363. The lowest BCUT2D eigenvalue weighted by Crippen LogP contribution is -2.32. The van der Waals surface area contributed by atoms with Crippen molar-refractivity contribution in [3.8, 4) is 0 Å². The van der Waals surface area contributed by atoms with Crippen LogP contribution in [0, 0.1) is 12.8 Å². The van der Waals surface area contributed by atoms with Gasteiger partial charge in [-0.2, -0.15) is 0 Å². The number of carbonyl (C=O) groups is 1. The summed E-state index contributed by atoms with van der Waals surface area (Å²) in [5.74, 6) is 0.588. The molecule has 0 spiro atoms. The van der Waals surface area contributed by atoms with Gasteiger partial charge in [-0.25, -0.2) is 4.98 Å². The fraction of sp³-hybridized carbons (Fsp3) is 0.667. The number of nitrogens with zero attached hydrogens (tertiary/aromatic N) is 1. The summed E-state index contributed by atoms with van der Waals surface area (Å²) in [7, 11) is 0. The van der Waals surface area contributed by atoms with Crippen LogP contribution in [0.5, 0.6) is 0 Å². The fourth-order valence-corrected chi connectivity index (χ4v) is 3.31. The summed E-state index contributed by atoms with van der Waals surface area (Å²) in [4.78, 5) is 16.9. The summed E-state index contributed by atoms with van der Waals surface area (Å²) in [5, 5.41) is 3.87. The van der Waals surface area contributed by atoms with Crippen LogP contribution in [0.1, 0.15) is 41.4 Å². The summed E-state index contributed by atoms with van der Waals surface area (Å²) in [6, 6.07) is 0. The van der Waals surface area contributed by atoms with E-state index < -0.39 is 0 Å². The number of alkyl halides is 1. The average molecular weight is 319 g/mol. The summed E-state index contributed by atoms with van der Waals surface area (Å²) in [5.41, 5.74) is 0. The molecule has 3 nitrogen and oxygen atoms in total. The minimum absolute atomic E-state index is 0.0222. The molecule has 0 bridgehead atoms. The highest BCUT2D eigenvalue weighted by atomic mass is 79.9. The van der Waals surface area contributed by atoms with Crippen molar-refractivity contribution in [2.75, 3.05) is 6.54 Å². The largest absolute Gasteiger partial charge is 0.350 e. The molecular weight excluding hydrogens is 300 g/mol. The second-order valence-corrected chi connectivity index (χ2v) is 6.46. The normalized spacial score (nSPS) is 12.8. The van der Waals surface area contributed by atoms with Crippen LogP contribution in [-0.4, -0.2) is 22.3 Å². The molecule has 0 radical (unpaired) electrons. The van der Waals surface area contributed by atoms with Gasteiger partial charge in [0.1, 0.15) is 4.88 Å². The zero-order valence-electron chi connectivity index (χ0n) is 10.5. The Morgan fingerprint density at radius 3 is 2.65 bits per heavy atom. The molecular formula is C12H19BrN2OS. The summed E-state index contributed by atoms with van der Waals surface area (Å²) in [6.07, 6.45) is 3.89. The highest BCUT2D eigenvalue weighted by Crippen LogP contribution is 2.19. The molecule has 1 atom stereocenters. The minimum Gasteiger partial charge on any atom is -0.350 e. The van der Waals surface area contributed by atoms with Gasteiger partial charge >= 0.3 is 0 Å². The van der Waals surface area contributed by atoms with E-state index in [1.54, 1.807) is 6.20 Å². The Morgan fingerprint density at radius 2 is 2.18 bits per heavy atom. The summed E-state index contributed by atoms with van der Waals surface area (Å²) in [6.45, 7) is 6.93. The maximum Gasteiger partial charge on any atom is 0.263 e. The molecule has 1 aromatic rings. The Morgan fingerprint density at radius 1 is 1.53 bits per heavy atom. The van der Waals surface area contributed by atoms with Crippen LogP contribution < -0.4 is 5.32 Å². The predicted molar refractivity (Wildman–Crippen MR) is 76.0 cm³/mol. The zero-order chi connectivity index (χ0) is 12.8. The van der Waals surface area contributed by atoms with E-state index in [2.05, 4.69) is 40.1 Å². The van der Waals surface area contributed by atoms with Gasteiger partial charge in [0.15, 0.2) is 0 Å². The van der Waals surface area contributed by atoms with E-state index in [4.69, 9.17) is 0 Å². The van der Waals surface area contributed by atoms with Gasteiger partial charge in [0.2, 0.25) is 0 Å². The first-order chi connectivity index (χ1) is 8.08. The van der Waals surface area contributed by atoms with Crippen molar-refractivity contribution in [3.05, 3.63) is 16.1 Å². The van der Waals surface area contributed by atoms with Crippen LogP contribution >= 0.6 is 27.3 Å². The Hall–Kier alpha value is -0.420. The molecule has 1 aromatic heterocycles. The van der Waals surface area contributed by atoms with Crippen LogP contribution in [0.4, 0.5) is 0 Å². The molecule has 0 fully saturated rings. The van der Waals surface area contributed by atoms with Gasteiger partial charge in [-0.3, -0.25) is 4.79 Å². The lowest BCUT2D eigenvalue weighted by atomic mass is 9.99. The standard InChI is InChI=1S/C12H19BrN2OS/c1-4-9(5-2)10(13)6-15-12(16)11-7-14-8(3)17-11/h7,9-10H,4-6H2,1-3H3,(H,15,16). The van der Waals surface area contributed by atoms with Crippen molar-refractivity contribution in [3.63, 3.8) is 0 Å². The van der Waals surface area contributed by atoms with Crippen molar-refractivity contribution in [1.29, 1.82) is 0 Å². The van der Waals surface area contributed by atoms with E-state index >= 15 is 0 Å². The zero-order valence-corrected chi connectivity index (χ0v) is 12.9. The number of hydrogen-bond acceptors (Lipinski definition) is 3. The van der Waals surface area contributed by atoms with Crippen molar-refractivity contribution in [2.24, 2.45) is 5.92 Å². The van der Waals surface area contributed by atoms with E-state index in [1.165, 1.54) is 11.3 Å². The maximum atomic E-state index is 11.8. The number of rotatable bonds is 6. The van der Waals surface area contributed by atoms with Crippen LogP contribution in [0.25, 0.3) is 0 Å². The van der Waals surface area contributed by atoms with E-state index in [1.807, 2.05) is 6.92 Å². The molecule has 0 aromatic carbocycles. The van der Waals surface area contributed by atoms with Crippen LogP contribution in [-0.2, 0) is 0 Å². The second-order valence-electron chi connectivity index (χ2n) is 4.05. The van der Waals surface area contributed by atoms with Gasteiger partial charge < -0.3 is 5.32 Å². The van der Waals surface area contributed by atoms with Crippen LogP contribution in [0.2, 0.25) is 0 Å². The third-order valence-electron chi connectivity index (χ3n) is 2.86. The quantitative estimate of drug-likeness (QED) is 0.817. The molecule has 96 valence electrons. The van der Waals surface area contributed by atoms with E-state index in [9.17, 15) is 4.79 Å². The molecule has 0 aliphatic carbocycles. The summed E-state index contributed by atoms with van der Waals surface area (Å²) >= 11 is 5.07. The highest BCUT2D eigenvalue weighted by molar-refractivity contribution is 9.09. The van der Waals surface area contributed by atoms with Gasteiger partial charge in [-0.1, -0.05) is 42.6 Å². The first kappa shape index (κ1) is 14.6. The van der Waals surface area contributed by atoms with Crippen molar-refractivity contribution in [1.82, 2.24) is 10.3 Å². The second kappa shape index (κ2) is 7.11. The van der Waals surface area contributed by atoms with Gasteiger partial charge in [0.05, 0.1) is 11.2 Å². The molecule has 1 N–H and O–H groups in total. The van der Waals surface area contributed by atoms with Crippen molar-refractivity contribution < 1.29 is 4.79 Å². The number of thiazole rings is 1. The molecule has 0 aliphatic rings. The lowest BCUT2D eigenvalue weighted by Gasteiger charge is -2.19. The number of aryl methyl sites for hydroxylation is 1. The molecule has 17 heavy (non-hydrogen) atoms. The van der Waals surface area contributed by atoms with Crippen molar-refractivity contribution in [2.45, 2.75) is 38.4 Å². The summed E-state index contributed by atoms with van der Waals surface area (Å²) < 4.78 is 0. The number of carbonyl (C=O) groups excluding carboxylic acids is 1. The van der Waals surface area contributed by atoms with Gasteiger partial charge in [-0.15, -0.1) is 11.3 Å². The number of amides is 1. The molecule has 1 heterocycles. The van der Waals surface area contributed by atoms with E-state index in [-0.39, 0.29) is 5.91 Å². The third kappa shape index (κ3) is 4.39. The van der Waals surface area contributed by atoms with Gasteiger partial charge in [-0.05, 0) is 12.8 Å². The Labute approximate surface area is 115 Å². The third-order valence-corrected chi connectivity index (χ3v) is 4.85. The predicted octanol–water partition coefficient (Wildman–Crippen LogP) is 3.38. The first-order valence-electron chi connectivity index (χ1n) is 5.93. The number of halogens is 1. The highest BCUT2D eigenvalue weighted by Gasteiger charge is 2.17. The minimum atomic E-state index is -0.0222. The van der Waals surface area contributed by atoms with Crippen molar-refractivity contribution >= 4 is 33.2 Å². The Kier molecular flexibility index (Phi) is 6.12. The topological polar surface area (TPSA) is 42.0 Å². The van der Waals surface area contributed by atoms with E-state index in [0.717, 1.165) is 17.8 Å². The molecule has 1 rings (SSSR count). The lowest BCUT2D eigenvalue weighted by molar-refractivity contribution is 0.0956. The molecule has 0 saturated heterocycles. The molecule has 0 aliphatic heterocycles. The van der Waals surface area contributed by atoms with Crippen LogP contribution in [0.3, 0.4) is 0 Å².